The number of hydrogen-bond donors (Lipinski definition) is 1. The van der Waals surface area contributed by atoms with Crippen molar-refractivity contribution in [3.8, 4) is 0 Å². The number of anilines is 1. The van der Waals surface area contributed by atoms with Crippen molar-refractivity contribution in [1.29, 1.82) is 0 Å². The summed E-state index contributed by atoms with van der Waals surface area (Å²) in [5, 5.41) is 18.1. The fourth-order valence-corrected chi connectivity index (χ4v) is 2.48. The molecule has 1 aromatic heterocycles. The molecule has 0 aliphatic carbocycles. The second kappa shape index (κ2) is 7.96. The Bertz CT molecular complexity index is 489. The van der Waals surface area contributed by atoms with E-state index in [1.54, 1.807) is 0 Å². The number of carboxylic acids is 1. The molecule has 1 atom stereocenters. The van der Waals surface area contributed by atoms with Crippen LogP contribution in [0.25, 0.3) is 0 Å². The first-order chi connectivity index (χ1) is 9.99. The second-order valence-corrected chi connectivity index (χ2v) is 5.39. The lowest BCUT2D eigenvalue weighted by molar-refractivity contribution is 0.0695. The molecule has 21 heavy (non-hydrogen) atoms. The zero-order valence-corrected chi connectivity index (χ0v) is 13.8. The molecule has 118 valence electrons. The van der Waals surface area contributed by atoms with Gasteiger partial charge in [0.25, 0.3) is 0 Å². The molecule has 1 unspecified atom stereocenters. The number of hydrogen-bond acceptors (Lipinski definition) is 4. The fourth-order valence-electron chi connectivity index (χ4n) is 2.48. The van der Waals surface area contributed by atoms with Gasteiger partial charge in [-0.2, -0.15) is 5.10 Å². The molecule has 1 rings (SSSR count). The van der Waals surface area contributed by atoms with Crippen LogP contribution in [0, 0.1) is 5.92 Å². The molecule has 0 amide bonds. The molecule has 0 radical (unpaired) electrons. The first-order valence-corrected chi connectivity index (χ1v) is 7.86. The molecule has 5 heteroatoms. The van der Waals surface area contributed by atoms with E-state index in [-0.39, 0.29) is 0 Å². The Kier molecular flexibility index (Phi) is 6.59. The Hall–Kier alpha value is -1.65. The minimum absolute atomic E-state index is 0.328. The van der Waals surface area contributed by atoms with Gasteiger partial charge in [-0.05, 0) is 31.2 Å². The van der Waals surface area contributed by atoms with Gasteiger partial charge in [-0.1, -0.05) is 34.1 Å². The van der Waals surface area contributed by atoms with Crippen LogP contribution in [0.5, 0.6) is 0 Å². The lowest BCUT2D eigenvalue weighted by Crippen LogP contribution is -2.31. The van der Waals surface area contributed by atoms with Gasteiger partial charge in [0.1, 0.15) is 5.56 Å². The highest BCUT2D eigenvalue weighted by molar-refractivity contribution is 5.95. The quantitative estimate of drug-likeness (QED) is 0.797. The predicted molar refractivity (Wildman–Crippen MR) is 85.1 cm³/mol. The first kappa shape index (κ1) is 17.4. The summed E-state index contributed by atoms with van der Waals surface area (Å²) in [6.07, 6.45) is 2.42. The maximum atomic E-state index is 11.8. The lowest BCUT2D eigenvalue weighted by Gasteiger charge is -2.27. The van der Waals surface area contributed by atoms with Crippen molar-refractivity contribution in [2.75, 3.05) is 18.0 Å². The molecule has 0 aromatic carbocycles. The molecule has 1 N–H and O–H groups in total. The summed E-state index contributed by atoms with van der Waals surface area (Å²) in [6, 6.07) is 0. The number of aromatic carboxylic acids is 1. The molecular weight excluding hydrogens is 266 g/mol. The molecule has 0 saturated heterocycles. The van der Waals surface area contributed by atoms with Crippen molar-refractivity contribution >= 4 is 11.8 Å². The third-order valence-electron chi connectivity index (χ3n) is 3.95. The summed E-state index contributed by atoms with van der Waals surface area (Å²) < 4.78 is 0. The van der Waals surface area contributed by atoms with Gasteiger partial charge in [-0.15, -0.1) is 5.10 Å². The first-order valence-electron chi connectivity index (χ1n) is 7.86. The Labute approximate surface area is 127 Å². The van der Waals surface area contributed by atoms with Gasteiger partial charge in [-0.25, -0.2) is 4.79 Å². The third-order valence-corrected chi connectivity index (χ3v) is 3.95. The molecule has 0 aliphatic rings. The number of nitrogens with zero attached hydrogens (tertiary/aromatic N) is 3. The maximum absolute atomic E-state index is 11.8. The molecule has 0 aliphatic heterocycles. The zero-order chi connectivity index (χ0) is 16.0. The molecule has 0 fully saturated rings. The molecule has 5 nitrogen and oxygen atoms in total. The van der Waals surface area contributed by atoms with Gasteiger partial charge in [0, 0.05) is 13.1 Å². The van der Waals surface area contributed by atoms with Crippen LogP contribution in [-0.2, 0) is 12.8 Å². The number of carbonyl (C=O) groups is 1. The average molecular weight is 293 g/mol. The molecule has 1 heterocycles. The minimum atomic E-state index is -0.908. The van der Waals surface area contributed by atoms with Crippen LogP contribution >= 0.6 is 0 Å². The van der Waals surface area contributed by atoms with Crippen LogP contribution < -0.4 is 4.90 Å². The van der Waals surface area contributed by atoms with Crippen LogP contribution in [0.3, 0.4) is 0 Å². The second-order valence-electron chi connectivity index (χ2n) is 5.39. The van der Waals surface area contributed by atoms with Crippen molar-refractivity contribution in [3.05, 3.63) is 16.8 Å². The Morgan fingerprint density at radius 2 is 1.86 bits per heavy atom. The van der Waals surface area contributed by atoms with Crippen molar-refractivity contribution in [2.45, 2.75) is 53.9 Å². The molecule has 0 saturated carbocycles. The summed E-state index contributed by atoms with van der Waals surface area (Å²) in [5.74, 6) is 0.0951. The number of rotatable bonds is 8. The maximum Gasteiger partial charge on any atom is 0.339 e. The fraction of sp³-hybridized carbons (Fsp3) is 0.688. The zero-order valence-electron chi connectivity index (χ0n) is 13.8. The topological polar surface area (TPSA) is 66.3 Å². The van der Waals surface area contributed by atoms with E-state index in [2.05, 4.69) is 24.0 Å². The van der Waals surface area contributed by atoms with Crippen LogP contribution in [0.1, 0.15) is 62.7 Å². The monoisotopic (exact) mass is 293 g/mol. The van der Waals surface area contributed by atoms with E-state index in [0.29, 0.717) is 30.1 Å². The standard InChI is InChI=1S/C16H27N3O2/c1-6-11(5)10-19(9-4)15-14(16(20)21)12(7-2)13(8-3)17-18-15/h11H,6-10H2,1-5H3,(H,20,21). The smallest absolute Gasteiger partial charge is 0.339 e. The summed E-state index contributed by atoms with van der Waals surface area (Å²) >= 11 is 0. The number of carboxylic acid groups (broad SMARTS) is 1. The molecule has 0 spiro atoms. The summed E-state index contributed by atoms with van der Waals surface area (Å²) in [7, 11) is 0. The number of aromatic nitrogens is 2. The highest BCUT2D eigenvalue weighted by Crippen LogP contribution is 2.25. The van der Waals surface area contributed by atoms with E-state index < -0.39 is 5.97 Å². The van der Waals surface area contributed by atoms with Crippen LogP contribution in [0.4, 0.5) is 5.82 Å². The number of aryl methyl sites for hydroxylation is 1. The van der Waals surface area contributed by atoms with Gasteiger partial charge in [0.2, 0.25) is 0 Å². The van der Waals surface area contributed by atoms with Gasteiger partial charge < -0.3 is 10.0 Å². The highest BCUT2D eigenvalue weighted by Gasteiger charge is 2.24. The van der Waals surface area contributed by atoms with E-state index in [9.17, 15) is 9.90 Å². The van der Waals surface area contributed by atoms with Crippen molar-refractivity contribution in [1.82, 2.24) is 10.2 Å². The third kappa shape index (κ3) is 3.93. The normalized spacial score (nSPS) is 12.2. The van der Waals surface area contributed by atoms with Gasteiger partial charge >= 0.3 is 5.97 Å². The lowest BCUT2D eigenvalue weighted by atomic mass is 10.0. The van der Waals surface area contributed by atoms with Crippen molar-refractivity contribution in [3.63, 3.8) is 0 Å². The van der Waals surface area contributed by atoms with Crippen molar-refractivity contribution < 1.29 is 9.90 Å². The predicted octanol–water partition coefficient (Wildman–Crippen LogP) is 3.17. The van der Waals surface area contributed by atoms with Crippen LogP contribution in [-0.4, -0.2) is 34.4 Å². The Morgan fingerprint density at radius 1 is 1.19 bits per heavy atom. The molecule has 1 aromatic rings. The summed E-state index contributed by atoms with van der Waals surface area (Å²) in [6.45, 7) is 11.8. The molecular formula is C16H27N3O2. The van der Waals surface area contributed by atoms with E-state index in [4.69, 9.17) is 0 Å². The van der Waals surface area contributed by atoms with E-state index in [1.807, 2.05) is 25.7 Å². The van der Waals surface area contributed by atoms with Gasteiger partial charge in [0.05, 0.1) is 5.69 Å². The highest BCUT2D eigenvalue weighted by atomic mass is 16.4. The Morgan fingerprint density at radius 3 is 2.29 bits per heavy atom. The average Bonchev–Trinajstić information content (AvgIpc) is 2.50. The minimum Gasteiger partial charge on any atom is -0.478 e. The molecule has 0 bridgehead atoms. The SMILES string of the molecule is CCc1nnc(N(CC)CC(C)CC)c(C(=O)O)c1CC. The largest absolute Gasteiger partial charge is 0.478 e. The van der Waals surface area contributed by atoms with Crippen molar-refractivity contribution in [2.24, 2.45) is 5.92 Å². The van der Waals surface area contributed by atoms with E-state index >= 15 is 0 Å². The summed E-state index contributed by atoms with van der Waals surface area (Å²) in [5.41, 5.74) is 1.94. The van der Waals surface area contributed by atoms with Gasteiger partial charge in [0.15, 0.2) is 5.82 Å². The summed E-state index contributed by atoms with van der Waals surface area (Å²) in [4.78, 5) is 13.8. The van der Waals surface area contributed by atoms with E-state index in [1.165, 1.54) is 0 Å². The van der Waals surface area contributed by atoms with Crippen LogP contribution in [0.15, 0.2) is 0 Å². The Balaban J connectivity index is 3.36. The van der Waals surface area contributed by atoms with Crippen LogP contribution in [0.2, 0.25) is 0 Å². The van der Waals surface area contributed by atoms with Gasteiger partial charge in [-0.3, -0.25) is 0 Å². The van der Waals surface area contributed by atoms with E-state index in [0.717, 1.165) is 30.8 Å².